The summed E-state index contributed by atoms with van der Waals surface area (Å²) < 4.78 is 2.07. The Labute approximate surface area is 190 Å². The zero-order valence-electron chi connectivity index (χ0n) is 18.3. The van der Waals surface area contributed by atoms with Crippen molar-refractivity contribution in [3.05, 3.63) is 71.7 Å². The molecule has 4 aromatic rings. The molecule has 5 rings (SSSR count). The van der Waals surface area contributed by atoms with Gasteiger partial charge in [-0.05, 0) is 55.7 Å². The molecule has 2 unspecified atom stereocenters. The highest BCUT2D eigenvalue weighted by molar-refractivity contribution is 5.98. The molecule has 1 saturated carbocycles. The molecule has 2 heterocycles. The lowest BCUT2D eigenvalue weighted by Gasteiger charge is -2.19. The molecule has 0 spiro atoms. The second-order valence-corrected chi connectivity index (χ2v) is 8.61. The highest BCUT2D eigenvalue weighted by Gasteiger charge is 2.34. The zero-order valence-corrected chi connectivity index (χ0v) is 18.3. The molecule has 2 aromatic heterocycles. The molecule has 168 valence electrons. The number of hydroxylamine groups is 1. The standard InChI is InChI=1S/C25H25N5O3/c1-15-11-17(18-5-2-3-7-20(18)27-15)13-30-14-26-22-12-16(9-10-23(22)30)24(31)28-21-8-4-6-19(21)25(32)29-33/h2-3,5,7,9-12,14,19,21,33H,4,6,8,13H2,1H3,(H,28,31)(H,29,32). The molecule has 8 nitrogen and oxygen atoms in total. The lowest BCUT2D eigenvalue weighted by atomic mass is 10.0. The molecule has 1 fully saturated rings. The van der Waals surface area contributed by atoms with Crippen LogP contribution in [0.1, 0.15) is 40.9 Å². The highest BCUT2D eigenvalue weighted by atomic mass is 16.5. The van der Waals surface area contributed by atoms with Gasteiger partial charge in [-0.25, -0.2) is 10.5 Å². The molecule has 8 heteroatoms. The Bertz CT molecular complexity index is 1360. The van der Waals surface area contributed by atoms with Crippen LogP contribution in [-0.4, -0.2) is 37.6 Å². The van der Waals surface area contributed by atoms with E-state index in [4.69, 9.17) is 5.21 Å². The van der Waals surface area contributed by atoms with Crippen molar-refractivity contribution in [1.82, 2.24) is 25.3 Å². The number of imidazole rings is 1. The van der Waals surface area contributed by atoms with Crippen LogP contribution in [0.15, 0.2) is 54.9 Å². The first-order valence-electron chi connectivity index (χ1n) is 11.1. The molecule has 33 heavy (non-hydrogen) atoms. The first-order chi connectivity index (χ1) is 16.0. The van der Waals surface area contributed by atoms with Crippen molar-refractivity contribution in [2.75, 3.05) is 0 Å². The van der Waals surface area contributed by atoms with Crippen molar-refractivity contribution >= 4 is 33.8 Å². The fraction of sp³-hybridized carbons (Fsp3) is 0.280. The number of rotatable bonds is 5. The van der Waals surface area contributed by atoms with Gasteiger partial charge in [0.2, 0.25) is 5.91 Å². The third-order valence-electron chi connectivity index (χ3n) is 6.43. The number of benzene rings is 2. The number of aryl methyl sites for hydroxylation is 1. The Morgan fingerprint density at radius 2 is 1.97 bits per heavy atom. The summed E-state index contributed by atoms with van der Waals surface area (Å²) in [4.78, 5) is 33.8. The van der Waals surface area contributed by atoms with Crippen LogP contribution in [0.4, 0.5) is 0 Å². The van der Waals surface area contributed by atoms with E-state index in [1.807, 2.05) is 31.2 Å². The third-order valence-corrected chi connectivity index (χ3v) is 6.43. The van der Waals surface area contributed by atoms with E-state index >= 15 is 0 Å². The summed E-state index contributed by atoms with van der Waals surface area (Å²) >= 11 is 0. The van der Waals surface area contributed by atoms with Crippen molar-refractivity contribution in [3.8, 4) is 0 Å². The number of fused-ring (bicyclic) bond motifs is 2. The summed E-state index contributed by atoms with van der Waals surface area (Å²) in [5.41, 5.74) is 6.96. The van der Waals surface area contributed by atoms with Crippen LogP contribution >= 0.6 is 0 Å². The second-order valence-electron chi connectivity index (χ2n) is 8.61. The number of hydrogen-bond donors (Lipinski definition) is 3. The molecular weight excluding hydrogens is 418 g/mol. The fourth-order valence-electron chi connectivity index (χ4n) is 4.82. The first-order valence-corrected chi connectivity index (χ1v) is 11.1. The minimum Gasteiger partial charge on any atom is -0.349 e. The van der Waals surface area contributed by atoms with E-state index in [1.165, 1.54) is 0 Å². The molecule has 0 radical (unpaired) electrons. The number of para-hydroxylation sites is 1. The van der Waals surface area contributed by atoms with E-state index in [-0.39, 0.29) is 11.9 Å². The average Bonchev–Trinajstić information content (AvgIpc) is 3.45. The maximum absolute atomic E-state index is 12.8. The van der Waals surface area contributed by atoms with Crippen molar-refractivity contribution < 1.29 is 14.8 Å². The van der Waals surface area contributed by atoms with E-state index in [2.05, 4.69) is 32.0 Å². The van der Waals surface area contributed by atoms with Crippen molar-refractivity contribution in [2.24, 2.45) is 5.92 Å². The summed E-state index contributed by atoms with van der Waals surface area (Å²) in [7, 11) is 0. The molecule has 2 amide bonds. The number of amides is 2. The van der Waals surface area contributed by atoms with Crippen LogP contribution < -0.4 is 10.8 Å². The van der Waals surface area contributed by atoms with Crippen molar-refractivity contribution in [2.45, 2.75) is 38.8 Å². The van der Waals surface area contributed by atoms with Gasteiger partial charge >= 0.3 is 0 Å². The SMILES string of the molecule is Cc1cc(Cn2cnc3cc(C(=O)NC4CCCC4C(=O)NO)ccc32)c2ccccc2n1. The number of carbonyl (C=O) groups is 2. The summed E-state index contributed by atoms with van der Waals surface area (Å²) in [5, 5.41) is 13.0. The van der Waals surface area contributed by atoms with E-state index in [1.54, 1.807) is 23.9 Å². The Morgan fingerprint density at radius 3 is 2.82 bits per heavy atom. The normalized spacial score (nSPS) is 18.0. The maximum atomic E-state index is 12.8. The van der Waals surface area contributed by atoms with E-state index in [9.17, 15) is 9.59 Å². The van der Waals surface area contributed by atoms with Gasteiger partial charge in [0.1, 0.15) is 0 Å². The first kappa shape index (κ1) is 21.1. The summed E-state index contributed by atoms with van der Waals surface area (Å²) in [6.07, 6.45) is 3.97. The summed E-state index contributed by atoms with van der Waals surface area (Å²) in [6.45, 7) is 2.64. The van der Waals surface area contributed by atoms with Gasteiger partial charge in [-0.2, -0.15) is 0 Å². The molecule has 1 aliphatic rings. The van der Waals surface area contributed by atoms with Crippen LogP contribution in [-0.2, 0) is 11.3 Å². The van der Waals surface area contributed by atoms with Gasteiger partial charge in [0.15, 0.2) is 0 Å². The summed E-state index contributed by atoms with van der Waals surface area (Å²) in [5.74, 6) is -1.11. The lowest BCUT2D eigenvalue weighted by molar-refractivity contribution is -0.133. The molecule has 0 bridgehead atoms. The monoisotopic (exact) mass is 443 g/mol. The Hall–Kier alpha value is -3.78. The number of hydrogen-bond acceptors (Lipinski definition) is 5. The summed E-state index contributed by atoms with van der Waals surface area (Å²) in [6, 6.07) is 15.3. The van der Waals surface area contributed by atoms with Crippen molar-refractivity contribution in [3.63, 3.8) is 0 Å². The number of aromatic nitrogens is 3. The van der Waals surface area contributed by atoms with E-state index in [0.29, 0.717) is 24.9 Å². The third kappa shape index (κ3) is 4.05. The van der Waals surface area contributed by atoms with Gasteiger partial charge in [-0.15, -0.1) is 0 Å². The van der Waals surface area contributed by atoms with Crippen LogP contribution in [0.2, 0.25) is 0 Å². The van der Waals surface area contributed by atoms with Crippen LogP contribution in [0.25, 0.3) is 21.9 Å². The van der Waals surface area contributed by atoms with E-state index in [0.717, 1.165) is 39.6 Å². The molecule has 2 atom stereocenters. The largest absolute Gasteiger partial charge is 0.349 e. The van der Waals surface area contributed by atoms with Gasteiger partial charge in [0.05, 0.1) is 28.8 Å². The molecule has 3 N–H and O–H groups in total. The van der Waals surface area contributed by atoms with Gasteiger partial charge < -0.3 is 9.88 Å². The van der Waals surface area contributed by atoms with Gasteiger partial charge in [-0.3, -0.25) is 19.8 Å². The molecular formula is C25H25N5O3. The highest BCUT2D eigenvalue weighted by Crippen LogP contribution is 2.27. The minimum atomic E-state index is -0.453. The van der Waals surface area contributed by atoms with Crippen LogP contribution in [0.5, 0.6) is 0 Å². The van der Waals surface area contributed by atoms with Gasteiger partial charge in [-0.1, -0.05) is 24.6 Å². The molecule has 2 aromatic carbocycles. The second kappa shape index (κ2) is 8.63. The minimum absolute atomic E-state index is 0.246. The fourth-order valence-corrected chi connectivity index (χ4v) is 4.82. The number of carbonyl (C=O) groups excluding carboxylic acids is 2. The number of pyridine rings is 1. The maximum Gasteiger partial charge on any atom is 0.251 e. The average molecular weight is 444 g/mol. The van der Waals surface area contributed by atoms with Crippen molar-refractivity contribution in [1.29, 1.82) is 0 Å². The van der Waals surface area contributed by atoms with E-state index < -0.39 is 11.8 Å². The van der Waals surface area contributed by atoms with Gasteiger partial charge in [0, 0.05) is 29.2 Å². The quantitative estimate of drug-likeness (QED) is 0.324. The Balaban J connectivity index is 1.38. The Kier molecular flexibility index (Phi) is 5.51. The predicted molar refractivity (Wildman–Crippen MR) is 124 cm³/mol. The number of nitrogens with one attached hydrogen (secondary N) is 2. The predicted octanol–water partition coefficient (Wildman–Crippen LogP) is 3.35. The number of nitrogens with zero attached hydrogens (tertiary/aromatic N) is 3. The molecule has 0 aliphatic heterocycles. The lowest BCUT2D eigenvalue weighted by Crippen LogP contribution is -2.43. The molecule has 1 aliphatic carbocycles. The smallest absolute Gasteiger partial charge is 0.251 e. The van der Waals surface area contributed by atoms with Crippen LogP contribution in [0, 0.1) is 12.8 Å². The molecule has 0 saturated heterocycles. The van der Waals surface area contributed by atoms with Gasteiger partial charge in [0.25, 0.3) is 5.91 Å². The Morgan fingerprint density at radius 1 is 1.12 bits per heavy atom. The van der Waals surface area contributed by atoms with Crippen LogP contribution in [0.3, 0.4) is 0 Å². The topological polar surface area (TPSA) is 109 Å². The zero-order chi connectivity index (χ0) is 22.9.